The Balaban J connectivity index is 1.49. The zero-order valence-electron chi connectivity index (χ0n) is 12.4. The van der Waals surface area contributed by atoms with Crippen LogP contribution in [0.1, 0.15) is 36.3 Å². The van der Waals surface area contributed by atoms with Gasteiger partial charge in [-0.3, -0.25) is 9.78 Å². The maximum absolute atomic E-state index is 12.3. The molecule has 0 bridgehead atoms. The summed E-state index contributed by atoms with van der Waals surface area (Å²) in [7, 11) is 0. The Morgan fingerprint density at radius 3 is 2.77 bits per heavy atom. The van der Waals surface area contributed by atoms with Gasteiger partial charge in [-0.15, -0.1) is 11.3 Å². The Morgan fingerprint density at radius 1 is 1.23 bits per heavy atom. The lowest BCUT2D eigenvalue weighted by molar-refractivity contribution is -0.126. The van der Waals surface area contributed by atoms with Gasteiger partial charge in [-0.05, 0) is 44.2 Å². The van der Waals surface area contributed by atoms with Crippen LogP contribution in [-0.2, 0) is 17.6 Å². The quantitative estimate of drug-likeness (QED) is 0.948. The van der Waals surface area contributed by atoms with Gasteiger partial charge < -0.3 is 5.32 Å². The predicted octanol–water partition coefficient (Wildman–Crippen LogP) is 2.98. The number of amides is 1. The van der Waals surface area contributed by atoms with Crippen LogP contribution >= 0.6 is 11.3 Å². The summed E-state index contributed by atoms with van der Waals surface area (Å²) in [4.78, 5) is 22.5. The molecule has 2 aliphatic carbocycles. The van der Waals surface area contributed by atoms with Crippen LogP contribution in [0.25, 0.3) is 10.6 Å². The lowest BCUT2D eigenvalue weighted by Crippen LogP contribution is -2.43. The summed E-state index contributed by atoms with van der Waals surface area (Å²) in [6.45, 7) is 0. The summed E-state index contributed by atoms with van der Waals surface area (Å²) in [5.41, 5.74) is 2.24. The number of aryl methyl sites for hydroxylation is 1. The molecule has 1 unspecified atom stereocenters. The molecule has 1 saturated carbocycles. The lowest BCUT2D eigenvalue weighted by Gasteiger charge is -2.29. The van der Waals surface area contributed by atoms with E-state index in [2.05, 4.69) is 10.3 Å². The van der Waals surface area contributed by atoms with Crippen LogP contribution in [-0.4, -0.2) is 21.9 Å². The third kappa shape index (κ3) is 2.65. The van der Waals surface area contributed by atoms with Crippen molar-refractivity contribution in [1.29, 1.82) is 0 Å². The third-order valence-electron chi connectivity index (χ3n) is 4.69. The molecule has 2 aliphatic rings. The zero-order chi connectivity index (χ0) is 14.9. The van der Waals surface area contributed by atoms with Crippen molar-refractivity contribution in [2.45, 2.75) is 44.6 Å². The van der Waals surface area contributed by atoms with Gasteiger partial charge in [-0.1, -0.05) is 0 Å². The highest BCUT2D eigenvalue weighted by molar-refractivity contribution is 7.15. The molecule has 0 aromatic carbocycles. The lowest BCUT2D eigenvalue weighted by atomic mass is 9.88. The minimum atomic E-state index is 0.0977. The van der Waals surface area contributed by atoms with Crippen molar-refractivity contribution in [1.82, 2.24) is 15.3 Å². The van der Waals surface area contributed by atoms with Crippen LogP contribution < -0.4 is 5.32 Å². The standard InChI is InChI=1S/C17H19N3OS/c21-16(19-13-2-1-3-13)12-4-5-15-14(10-12)20-17(22-15)11-6-8-18-9-7-11/h6-9,12-13H,1-5,10H2,(H,19,21). The highest BCUT2D eigenvalue weighted by Crippen LogP contribution is 2.34. The first-order valence-electron chi connectivity index (χ1n) is 7.99. The number of nitrogens with one attached hydrogen (secondary N) is 1. The number of carbonyl (C=O) groups excluding carboxylic acids is 1. The molecule has 1 fully saturated rings. The normalized spacial score (nSPS) is 21.0. The van der Waals surface area contributed by atoms with E-state index < -0.39 is 0 Å². The highest BCUT2D eigenvalue weighted by atomic mass is 32.1. The summed E-state index contributed by atoms with van der Waals surface area (Å²) >= 11 is 1.76. The SMILES string of the molecule is O=C(NC1CCC1)C1CCc2sc(-c3ccncc3)nc2C1. The molecule has 22 heavy (non-hydrogen) atoms. The molecule has 1 amide bonds. The number of aromatic nitrogens is 2. The van der Waals surface area contributed by atoms with Gasteiger partial charge in [-0.2, -0.15) is 0 Å². The highest BCUT2D eigenvalue weighted by Gasteiger charge is 2.30. The van der Waals surface area contributed by atoms with Gasteiger partial charge in [0.2, 0.25) is 5.91 Å². The second-order valence-electron chi connectivity index (χ2n) is 6.20. The van der Waals surface area contributed by atoms with Crippen LogP contribution in [0.3, 0.4) is 0 Å². The summed E-state index contributed by atoms with van der Waals surface area (Å²) < 4.78 is 0. The molecule has 0 saturated heterocycles. The molecular formula is C17H19N3OS. The number of nitrogens with zero attached hydrogens (tertiary/aromatic N) is 2. The van der Waals surface area contributed by atoms with Crippen LogP contribution in [0.5, 0.6) is 0 Å². The molecular weight excluding hydrogens is 294 g/mol. The first kappa shape index (κ1) is 13.9. The maximum atomic E-state index is 12.3. The van der Waals surface area contributed by atoms with Crippen LogP contribution in [0.2, 0.25) is 0 Å². The van der Waals surface area contributed by atoms with Crippen molar-refractivity contribution >= 4 is 17.2 Å². The van der Waals surface area contributed by atoms with Gasteiger partial charge in [0, 0.05) is 41.2 Å². The molecule has 0 spiro atoms. The van der Waals surface area contributed by atoms with E-state index in [1.165, 1.54) is 11.3 Å². The molecule has 4 rings (SSSR count). The van der Waals surface area contributed by atoms with E-state index >= 15 is 0 Å². The Labute approximate surface area is 134 Å². The molecule has 0 aliphatic heterocycles. The van der Waals surface area contributed by atoms with E-state index in [0.717, 1.165) is 48.4 Å². The third-order valence-corrected chi connectivity index (χ3v) is 5.89. The number of hydrogen-bond acceptors (Lipinski definition) is 4. The van der Waals surface area contributed by atoms with E-state index in [1.54, 1.807) is 23.7 Å². The van der Waals surface area contributed by atoms with Gasteiger partial charge in [0.05, 0.1) is 5.69 Å². The maximum Gasteiger partial charge on any atom is 0.223 e. The molecule has 2 aromatic rings. The summed E-state index contributed by atoms with van der Waals surface area (Å²) in [6, 6.07) is 4.41. The van der Waals surface area contributed by atoms with Crippen molar-refractivity contribution in [3.05, 3.63) is 35.1 Å². The molecule has 1 N–H and O–H groups in total. The predicted molar refractivity (Wildman–Crippen MR) is 86.6 cm³/mol. The monoisotopic (exact) mass is 313 g/mol. The molecule has 1 atom stereocenters. The Hall–Kier alpha value is -1.75. The second-order valence-corrected chi connectivity index (χ2v) is 7.28. The topological polar surface area (TPSA) is 54.9 Å². The van der Waals surface area contributed by atoms with Gasteiger partial charge in [0.15, 0.2) is 0 Å². The number of pyridine rings is 1. The fourth-order valence-electron chi connectivity index (χ4n) is 3.09. The molecule has 4 nitrogen and oxygen atoms in total. The van der Waals surface area contributed by atoms with E-state index in [-0.39, 0.29) is 11.8 Å². The van der Waals surface area contributed by atoms with Crippen LogP contribution in [0.4, 0.5) is 0 Å². The van der Waals surface area contributed by atoms with Gasteiger partial charge >= 0.3 is 0 Å². The van der Waals surface area contributed by atoms with Crippen molar-refractivity contribution in [3.8, 4) is 10.6 Å². The Bertz CT molecular complexity index is 678. The fourth-order valence-corrected chi connectivity index (χ4v) is 4.20. The van der Waals surface area contributed by atoms with E-state index in [9.17, 15) is 4.79 Å². The average Bonchev–Trinajstić information content (AvgIpc) is 2.94. The summed E-state index contributed by atoms with van der Waals surface area (Å²) in [5.74, 6) is 0.328. The van der Waals surface area contributed by atoms with Crippen LogP contribution in [0.15, 0.2) is 24.5 Å². The Morgan fingerprint density at radius 2 is 2.05 bits per heavy atom. The minimum absolute atomic E-state index is 0.0977. The fraction of sp³-hybridized carbons (Fsp3) is 0.471. The number of fused-ring (bicyclic) bond motifs is 1. The van der Waals surface area contributed by atoms with Gasteiger partial charge in [0.25, 0.3) is 0 Å². The minimum Gasteiger partial charge on any atom is -0.353 e. The second kappa shape index (κ2) is 5.80. The molecule has 0 radical (unpaired) electrons. The molecule has 114 valence electrons. The van der Waals surface area contributed by atoms with Crippen molar-refractivity contribution < 1.29 is 4.79 Å². The van der Waals surface area contributed by atoms with Crippen molar-refractivity contribution in [3.63, 3.8) is 0 Å². The van der Waals surface area contributed by atoms with E-state index in [0.29, 0.717) is 6.04 Å². The van der Waals surface area contributed by atoms with Gasteiger partial charge in [-0.25, -0.2) is 4.98 Å². The molecule has 2 heterocycles. The number of rotatable bonds is 3. The van der Waals surface area contributed by atoms with E-state index in [4.69, 9.17) is 4.98 Å². The zero-order valence-corrected chi connectivity index (χ0v) is 13.2. The summed E-state index contributed by atoms with van der Waals surface area (Å²) in [6.07, 6.45) is 9.84. The average molecular weight is 313 g/mol. The van der Waals surface area contributed by atoms with Gasteiger partial charge in [0.1, 0.15) is 5.01 Å². The smallest absolute Gasteiger partial charge is 0.223 e. The molecule has 5 heteroatoms. The van der Waals surface area contributed by atoms with Crippen LogP contribution in [0, 0.1) is 5.92 Å². The van der Waals surface area contributed by atoms with E-state index in [1.807, 2.05) is 12.1 Å². The first-order valence-corrected chi connectivity index (χ1v) is 8.80. The number of carbonyl (C=O) groups is 1. The summed E-state index contributed by atoms with van der Waals surface area (Å²) in [5, 5.41) is 4.23. The largest absolute Gasteiger partial charge is 0.353 e. The van der Waals surface area contributed by atoms with Crippen molar-refractivity contribution in [2.75, 3.05) is 0 Å². The Kier molecular flexibility index (Phi) is 3.66. The first-order chi connectivity index (χ1) is 10.8. The number of thiazole rings is 1. The molecule has 2 aromatic heterocycles. The van der Waals surface area contributed by atoms with Crippen molar-refractivity contribution in [2.24, 2.45) is 5.92 Å². The number of hydrogen-bond donors (Lipinski definition) is 1.